The van der Waals surface area contributed by atoms with E-state index in [1.807, 2.05) is 0 Å². The average Bonchev–Trinajstić information content (AvgIpc) is 2.47. The summed E-state index contributed by atoms with van der Waals surface area (Å²) >= 11 is 5.64. The van der Waals surface area contributed by atoms with Gasteiger partial charge >= 0.3 is 0 Å². The summed E-state index contributed by atoms with van der Waals surface area (Å²) in [7, 11) is 0. The third kappa shape index (κ3) is 4.67. The van der Waals surface area contributed by atoms with Crippen LogP contribution in [0.15, 0.2) is 18.2 Å². The number of halogens is 2. The SMILES string of the molecule is O=C(COc1ccc(F)c(Cl)c1)NCC1CCCCC1. The van der Waals surface area contributed by atoms with Gasteiger partial charge in [0.05, 0.1) is 5.02 Å². The second-order valence-electron chi connectivity index (χ2n) is 5.17. The molecule has 0 saturated heterocycles. The smallest absolute Gasteiger partial charge is 0.257 e. The summed E-state index contributed by atoms with van der Waals surface area (Å²) < 4.78 is 18.2. The lowest BCUT2D eigenvalue weighted by atomic mass is 9.89. The minimum absolute atomic E-state index is 0.00915. The van der Waals surface area contributed by atoms with E-state index in [4.69, 9.17) is 16.3 Å². The molecule has 5 heteroatoms. The maximum Gasteiger partial charge on any atom is 0.257 e. The third-order valence-electron chi connectivity index (χ3n) is 3.57. The van der Waals surface area contributed by atoms with Crippen LogP contribution in [0.2, 0.25) is 5.02 Å². The van der Waals surface area contributed by atoms with E-state index in [-0.39, 0.29) is 17.5 Å². The first-order valence-corrected chi connectivity index (χ1v) is 7.37. The van der Waals surface area contributed by atoms with Gasteiger partial charge in [0.15, 0.2) is 6.61 Å². The van der Waals surface area contributed by atoms with Gasteiger partial charge in [0.1, 0.15) is 11.6 Å². The predicted molar refractivity (Wildman–Crippen MR) is 76.5 cm³/mol. The molecule has 1 fully saturated rings. The van der Waals surface area contributed by atoms with Gasteiger partial charge in [-0.3, -0.25) is 4.79 Å². The van der Waals surface area contributed by atoms with E-state index in [1.165, 1.54) is 50.3 Å². The van der Waals surface area contributed by atoms with E-state index in [1.54, 1.807) is 0 Å². The highest BCUT2D eigenvalue weighted by molar-refractivity contribution is 6.30. The molecule has 1 aliphatic rings. The maximum absolute atomic E-state index is 13.0. The second kappa shape index (κ2) is 7.48. The molecule has 1 aliphatic carbocycles. The summed E-state index contributed by atoms with van der Waals surface area (Å²) in [5.74, 6) is 0.328. The van der Waals surface area contributed by atoms with Crippen LogP contribution >= 0.6 is 11.6 Å². The van der Waals surface area contributed by atoms with Crippen molar-refractivity contribution in [3.05, 3.63) is 29.0 Å². The van der Waals surface area contributed by atoms with E-state index in [2.05, 4.69) is 5.32 Å². The second-order valence-corrected chi connectivity index (χ2v) is 5.58. The zero-order valence-electron chi connectivity index (χ0n) is 11.3. The molecule has 1 N–H and O–H groups in total. The summed E-state index contributed by atoms with van der Waals surface area (Å²) in [6.07, 6.45) is 6.19. The van der Waals surface area contributed by atoms with Gasteiger partial charge in [0.2, 0.25) is 0 Å². The van der Waals surface area contributed by atoms with Gasteiger partial charge in [0, 0.05) is 12.6 Å². The molecule has 2 rings (SSSR count). The van der Waals surface area contributed by atoms with Crippen LogP contribution in [0.4, 0.5) is 4.39 Å². The maximum atomic E-state index is 13.0. The van der Waals surface area contributed by atoms with Crippen LogP contribution in [-0.4, -0.2) is 19.1 Å². The topological polar surface area (TPSA) is 38.3 Å². The number of benzene rings is 1. The van der Waals surface area contributed by atoms with Gasteiger partial charge in [-0.25, -0.2) is 4.39 Å². The molecule has 1 amide bonds. The Kier molecular flexibility index (Phi) is 5.65. The molecular formula is C15H19ClFNO2. The molecule has 0 bridgehead atoms. The molecule has 0 aliphatic heterocycles. The molecule has 0 heterocycles. The monoisotopic (exact) mass is 299 g/mol. The molecule has 110 valence electrons. The quantitative estimate of drug-likeness (QED) is 0.903. The van der Waals surface area contributed by atoms with Crippen LogP contribution in [0.25, 0.3) is 0 Å². The number of ether oxygens (including phenoxy) is 1. The largest absolute Gasteiger partial charge is 0.484 e. The van der Waals surface area contributed by atoms with Crippen molar-refractivity contribution in [2.45, 2.75) is 32.1 Å². The van der Waals surface area contributed by atoms with Crippen molar-refractivity contribution in [1.82, 2.24) is 5.32 Å². The van der Waals surface area contributed by atoms with Crippen molar-refractivity contribution in [3.63, 3.8) is 0 Å². The van der Waals surface area contributed by atoms with E-state index in [0.717, 1.165) is 0 Å². The lowest BCUT2D eigenvalue weighted by molar-refractivity contribution is -0.123. The zero-order valence-corrected chi connectivity index (χ0v) is 12.1. The lowest BCUT2D eigenvalue weighted by Crippen LogP contribution is -2.33. The van der Waals surface area contributed by atoms with Gasteiger partial charge in [0.25, 0.3) is 5.91 Å². The molecule has 0 spiro atoms. The Hall–Kier alpha value is -1.29. The highest BCUT2D eigenvalue weighted by Crippen LogP contribution is 2.23. The number of amides is 1. The summed E-state index contributed by atoms with van der Waals surface area (Å²) in [6.45, 7) is 0.640. The number of hydrogen-bond acceptors (Lipinski definition) is 2. The molecule has 0 radical (unpaired) electrons. The molecule has 1 aromatic carbocycles. The fourth-order valence-electron chi connectivity index (χ4n) is 2.42. The molecule has 1 aromatic rings. The van der Waals surface area contributed by atoms with Crippen LogP contribution in [0.3, 0.4) is 0 Å². The molecular weight excluding hydrogens is 281 g/mol. The highest BCUT2D eigenvalue weighted by atomic mass is 35.5. The fraction of sp³-hybridized carbons (Fsp3) is 0.533. The third-order valence-corrected chi connectivity index (χ3v) is 3.86. The van der Waals surface area contributed by atoms with Crippen molar-refractivity contribution < 1.29 is 13.9 Å². The molecule has 0 unspecified atom stereocenters. The van der Waals surface area contributed by atoms with E-state index in [9.17, 15) is 9.18 Å². The molecule has 1 saturated carbocycles. The lowest BCUT2D eigenvalue weighted by Gasteiger charge is -2.21. The van der Waals surface area contributed by atoms with E-state index >= 15 is 0 Å². The van der Waals surface area contributed by atoms with Crippen LogP contribution in [-0.2, 0) is 4.79 Å². The summed E-state index contributed by atoms with van der Waals surface area (Å²) in [6, 6.07) is 4.04. The molecule has 0 aromatic heterocycles. The van der Waals surface area contributed by atoms with Crippen LogP contribution < -0.4 is 10.1 Å². The Balaban J connectivity index is 1.70. The first-order chi connectivity index (χ1) is 9.65. The van der Waals surface area contributed by atoms with Gasteiger partial charge in [-0.05, 0) is 30.9 Å². The number of rotatable bonds is 5. The Bertz CT molecular complexity index is 461. The first kappa shape index (κ1) is 15.1. The standard InChI is InChI=1S/C15H19ClFNO2/c16-13-8-12(6-7-14(13)17)20-10-15(19)18-9-11-4-2-1-3-5-11/h6-8,11H,1-5,9-10H2,(H,18,19). The normalized spacial score (nSPS) is 15.9. The zero-order chi connectivity index (χ0) is 14.4. The summed E-state index contributed by atoms with van der Waals surface area (Å²) in [5, 5.41) is 2.87. The van der Waals surface area contributed by atoms with Crippen molar-refractivity contribution in [2.75, 3.05) is 13.2 Å². The Morgan fingerprint density at radius 1 is 1.35 bits per heavy atom. The summed E-state index contributed by atoms with van der Waals surface area (Å²) in [4.78, 5) is 11.7. The van der Waals surface area contributed by atoms with Crippen molar-refractivity contribution in [3.8, 4) is 5.75 Å². The van der Waals surface area contributed by atoms with Crippen LogP contribution in [0.1, 0.15) is 32.1 Å². The highest BCUT2D eigenvalue weighted by Gasteiger charge is 2.14. The first-order valence-electron chi connectivity index (χ1n) is 6.99. The molecule has 20 heavy (non-hydrogen) atoms. The molecule has 3 nitrogen and oxygen atoms in total. The predicted octanol–water partition coefficient (Wildman–Crippen LogP) is 3.55. The number of nitrogens with one attached hydrogen (secondary N) is 1. The number of carbonyl (C=O) groups is 1. The van der Waals surface area contributed by atoms with Gasteiger partial charge in [-0.2, -0.15) is 0 Å². The Morgan fingerprint density at radius 2 is 2.10 bits per heavy atom. The Morgan fingerprint density at radius 3 is 2.80 bits per heavy atom. The fourth-order valence-corrected chi connectivity index (χ4v) is 2.59. The van der Waals surface area contributed by atoms with Crippen molar-refractivity contribution in [1.29, 1.82) is 0 Å². The minimum atomic E-state index is -0.499. The van der Waals surface area contributed by atoms with Crippen molar-refractivity contribution in [2.24, 2.45) is 5.92 Å². The Labute approximate surface area is 123 Å². The molecule has 0 atom stereocenters. The number of carbonyl (C=O) groups excluding carboxylic acids is 1. The summed E-state index contributed by atoms with van der Waals surface area (Å²) in [5.41, 5.74) is 0. The van der Waals surface area contributed by atoms with Crippen molar-refractivity contribution >= 4 is 17.5 Å². The van der Waals surface area contributed by atoms with Gasteiger partial charge < -0.3 is 10.1 Å². The minimum Gasteiger partial charge on any atom is -0.484 e. The average molecular weight is 300 g/mol. The number of hydrogen-bond donors (Lipinski definition) is 1. The van der Waals surface area contributed by atoms with Gasteiger partial charge in [-0.15, -0.1) is 0 Å². The van der Waals surface area contributed by atoms with E-state index in [0.29, 0.717) is 18.2 Å². The van der Waals surface area contributed by atoms with Crippen LogP contribution in [0.5, 0.6) is 5.75 Å². The van der Waals surface area contributed by atoms with Gasteiger partial charge in [-0.1, -0.05) is 30.9 Å². The van der Waals surface area contributed by atoms with E-state index < -0.39 is 5.82 Å². The van der Waals surface area contributed by atoms with Crippen LogP contribution in [0, 0.1) is 11.7 Å².